The second kappa shape index (κ2) is 5.58. The molecule has 0 bridgehead atoms. The Morgan fingerprint density at radius 2 is 1.75 bits per heavy atom. The van der Waals surface area contributed by atoms with E-state index in [0.29, 0.717) is 5.71 Å². The van der Waals surface area contributed by atoms with Crippen LogP contribution in [-0.4, -0.2) is 19.1 Å². The van der Waals surface area contributed by atoms with Crippen LogP contribution in [0, 0.1) is 15.5 Å². The Labute approximate surface area is 117 Å². The van der Waals surface area contributed by atoms with Crippen LogP contribution in [0.3, 0.4) is 0 Å². The highest BCUT2D eigenvalue weighted by atomic mass is 32.2. The van der Waals surface area contributed by atoms with Gasteiger partial charge in [0.2, 0.25) is 0 Å². The summed E-state index contributed by atoms with van der Waals surface area (Å²) in [5.74, 6) is 0. The van der Waals surface area contributed by atoms with E-state index in [-0.39, 0.29) is 16.0 Å². The van der Waals surface area contributed by atoms with Crippen LogP contribution < -0.4 is 4.83 Å². The molecule has 0 radical (unpaired) electrons. The number of benzene rings is 1. The molecule has 1 aromatic carbocycles. The van der Waals surface area contributed by atoms with Crippen LogP contribution in [-0.2, 0) is 10.0 Å². The zero-order chi connectivity index (χ0) is 15.6. The zero-order valence-electron chi connectivity index (χ0n) is 11.7. The minimum atomic E-state index is -3.82. The zero-order valence-corrected chi connectivity index (χ0v) is 12.6. The first-order valence-corrected chi connectivity index (χ1v) is 7.33. The lowest BCUT2D eigenvalue weighted by molar-refractivity contribution is -0.384. The fraction of sp³-hybridized carbons (Fsp3) is 0.417. The number of nitrogens with zero attached hydrogens (tertiary/aromatic N) is 2. The number of hydrogen-bond acceptors (Lipinski definition) is 5. The summed E-state index contributed by atoms with van der Waals surface area (Å²) in [7, 11) is -3.82. The second-order valence-electron chi connectivity index (χ2n) is 5.29. The Bertz CT molecular complexity index is 628. The molecule has 1 N–H and O–H groups in total. The van der Waals surface area contributed by atoms with E-state index in [4.69, 9.17) is 0 Å². The van der Waals surface area contributed by atoms with E-state index in [9.17, 15) is 18.5 Å². The molecule has 0 amide bonds. The lowest BCUT2D eigenvalue weighted by atomic mass is 9.91. The molecule has 0 heterocycles. The van der Waals surface area contributed by atoms with Gasteiger partial charge in [0.1, 0.15) is 0 Å². The Hall–Kier alpha value is -1.96. The molecule has 0 spiro atoms. The summed E-state index contributed by atoms with van der Waals surface area (Å²) in [6, 6.07) is 4.61. The fourth-order valence-corrected chi connectivity index (χ4v) is 1.95. The van der Waals surface area contributed by atoms with Crippen LogP contribution in [0.25, 0.3) is 0 Å². The van der Waals surface area contributed by atoms with Crippen molar-refractivity contribution in [3.63, 3.8) is 0 Å². The Kier molecular flexibility index (Phi) is 4.49. The maximum atomic E-state index is 12.0. The van der Waals surface area contributed by atoms with Crippen LogP contribution in [0.1, 0.15) is 27.7 Å². The van der Waals surface area contributed by atoms with Crippen molar-refractivity contribution in [2.45, 2.75) is 32.6 Å². The van der Waals surface area contributed by atoms with Crippen LogP contribution in [0.15, 0.2) is 34.3 Å². The third-order valence-corrected chi connectivity index (χ3v) is 4.00. The third-order valence-electron chi connectivity index (χ3n) is 2.78. The molecule has 0 aliphatic heterocycles. The Morgan fingerprint density at radius 1 is 1.25 bits per heavy atom. The van der Waals surface area contributed by atoms with Gasteiger partial charge in [0.05, 0.1) is 9.82 Å². The standard InChI is InChI=1S/C12H17N3O4S/c1-9(12(2,3)4)13-14-20(18,19)11-7-5-10(6-8-11)15(16)17/h5-8,14H,1-4H3/b13-9+. The van der Waals surface area contributed by atoms with E-state index in [1.165, 1.54) is 12.1 Å². The number of nitro groups is 1. The smallest absolute Gasteiger partial charge is 0.258 e. The number of hydrazone groups is 1. The monoisotopic (exact) mass is 299 g/mol. The number of rotatable bonds is 4. The summed E-state index contributed by atoms with van der Waals surface area (Å²) < 4.78 is 23.9. The number of nitro benzene ring substituents is 1. The lowest BCUT2D eigenvalue weighted by Crippen LogP contribution is -2.24. The molecule has 0 unspecified atom stereocenters. The first kappa shape index (κ1) is 16.1. The summed E-state index contributed by atoms with van der Waals surface area (Å²) in [6.45, 7) is 7.45. The number of non-ortho nitro benzene ring substituents is 1. The highest BCUT2D eigenvalue weighted by Crippen LogP contribution is 2.17. The van der Waals surface area contributed by atoms with Crippen LogP contribution in [0.5, 0.6) is 0 Å². The van der Waals surface area contributed by atoms with Crippen LogP contribution >= 0.6 is 0 Å². The van der Waals surface area contributed by atoms with Crippen LogP contribution in [0.4, 0.5) is 5.69 Å². The van der Waals surface area contributed by atoms with Gasteiger partial charge in [-0.25, -0.2) is 4.83 Å². The van der Waals surface area contributed by atoms with Crippen molar-refractivity contribution in [3.05, 3.63) is 34.4 Å². The summed E-state index contributed by atoms with van der Waals surface area (Å²) >= 11 is 0. The van der Waals surface area contributed by atoms with Crippen molar-refractivity contribution >= 4 is 21.4 Å². The third kappa shape index (κ3) is 4.02. The highest BCUT2D eigenvalue weighted by molar-refractivity contribution is 7.89. The van der Waals surface area contributed by atoms with E-state index in [0.717, 1.165) is 12.1 Å². The first-order chi connectivity index (χ1) is 9.04. The Balaban J connectivity index is 2.98. The molecule has 1 rings (SSSR count). The molecule has 0 saturated heterocycles. The largest absolute Gasteiger partial charge is 0.276 e. The average molecular weight is 299 g/mol. The van der Waals surface area contributed by atoms with Gasteiger partial charge in [0, 0.05) is 23.3 Å². The molecule has 0 fully saturated rings. The molecular formula is C12H17N3O4S. The van der Waals surface area contributed by atoms with Gasteiger partial charge in [0.15, 0.2) is 0 Å². The van der Waals surface area contributed by atoms with Crippen molar-refractivity contribution in [3.8, 4) is 0 Å². The minimum Gasteiger partial charge on any atom is -0.258 e. The van der Waals surface area contributed by atoms with Crippen molar-refractivity contribution < 1.29 is 13.3 Å². The van der Waals surface area contributed by atoms with Gasteiger partial charge in [-0.1, -0.05) is 20.8 Å². The van der Waals surface area contributed by atoms with Crippen molar-refractivity contribution in [2.75, 3.05) is 0 Å². The second-order valence-corrected chi connectivity index (χ2v) is 6.95. The number of hydrogen-bond donors (Lipinski definition) is 1. The first-order valence-electron chi connectivity index (χ1n) is 5.85. The van der Waals surface area contributed by atoms with E-state index in [1.54, 1.807) is 6.92 Å². The van der Waals surface area contributed by atoms with E-state index >= 15 is 0 Å². The van der Waals surface area contributed by atoms with Gasteiger partial charge >= 0.3 is 0 Å². The maximum absolute atomic E-state index is 12.0. The van der Waals surface area contributed by atoms with Gasteiger partial charge in [-0.3, -0.25) is 10.1 Å². The van der Waals surface area contributed by atoms with Gasteiger partial charge in [-0.05, 0) is 19.1 Å². The maximum Gasteiger partial charge on any atom is 0.276 e. The molecule has 8 heteroatoms. The molecule has 110 valence electrons. The predicted octanol–water partition coefficient (Wildman–Crippen LogP) is 2.30. The lowest BCUT2D eigenvalue weighted by Gasteiger charge is -2.17. The quantitative estimate of drug-likeness (QED) is 0.523. The van der Waals surface area contributed by atoms with Gasteiger partial charge in [-0.15, -0.1) is 0 Å². The highest BCUT2D eigenvalue weighted by Gasteiger charge is 2.18. The van der Waals surface area contributed by atoms with Crippen molar-refractivity contribution in [2.24, 2.45) is 10.5 Å². The molecule has 0 aliphatic carbocycles. The average Bonchev–Trinajstić information content (AvgIpc) is 2.35. The summed E-state index contributed by atoms with van der Waals surface area (Å²) in [5.41, 5.74) is 0.208. The molecule has 0 saturated carbocycles. The number of sulfonamides is 1. The molecule has 20 heavy (non-hydrogen) atoms. The van der Waals surface area contributed by atoms with Crippen molar-refractivity contribution in [1.82, 2.24) is 4.83 Å². The molecule has 0 aromatic heterocycles. The minimum absolute atomic E-state index is 0.0754. The predicted molar refractivity (Wildman–Crippen MR) is 76.0 cm³/mol. The van der Waals surface area contributed by atoms with Gasteiger partial charge in [-0.2, -0.15) is 13.5 Å². The Morgan fingerprint density at radius 3 is 2.15 bits per heavy atom. The normalized spacial score (nSPS) is 13.1. The molecule has 7 nitrogen and oxygen atoms in total. The van der Waals surface area contributed by atoms with Crippen LogP contribution in [0.2, 0.25) is 0 Å². The molecule has 1 aromatic rings. The molecular weight excluding hydrogens is 282 g/mol. The van der Waals surface area contributed by atoms with E-state index in [1.807, 2.05) is 20.8 Å². The van der Waals surface area contributed by atoms with Gasteiger partial charge in [0.25, 0.3) is 15.7 Å². The molecule has 0 aliphatic rings. The van der Waals surface area contributed by atoms with E-state index < -0.39 is 14.9 Å². The van der Waals surface area contributed by atoms with Crippen molar-refractivity contribution in [1.29, 1.82) is 0 Å². The summed E-state index contributed by atoms with van der Waals surface area (Å²) in [6.07, 6.45) is 0. The summed E-state index contributed by atoms with van der Waals surface area (Å²) in [5, 5.41) is 14.4. The molecule has 0 atom stereocenters. The van der Waals surface area contributed by atoms with Gasteiger partial charge < -0.3 is 0 Å². The van der Waals surface area contributed by atoms with E-state index in [2.05, 4.69) is 9.93 Å². The topological polar surface area (TPSA) is 102 Å². The SMILES string of the molecule is C/C(=N\NS(=O)(=O)c1ccc([N+](=O)[O-])cc1)C(C)(C)C. The summed E-state index contributed by atoms with van der Waals surface area (Å²) in [4.78, 5) is 12.0. The number of nitrogens with one attached hydrogen (secondary N) is 1. The fourth-order valence-electron chi connectivity index (χ4n) is 1.10.